The van der Waals surface area contributed by atoms with Gasteiger partial charge in [-0.2, -0.15) is 0 Å². The Bertz CT molecular complexity index is 197. The molecule has 0 bridgehead atoms. The summed E-state index contributed by atoms with van der Waals surface area (Å²) in [7, 11) is 1.83. The highest BCUT2D eigenvalue weighted by atomic mass is 79.9. The number of unbranched alkanes of at least 4 members (excludes halogenated alkanes) is 1. The number of hydrogen-bond donors (Lipinski definition) is 0. The fourth-order valence-electron chi connectivity index (χ4n) is 3.16. The lowest BCUT2D eigenvalue weighted by molar-refractivity contribution is 0.0478. The molecule has 0 saturated heterocycles. The molecular weight excluding hydrogens is 276 g/mol. The Balaban J connectivity index is 2.39. The molecule has 0 aromatic rings. The lowest BCUT2D eigenvalue weighted by atomic mass is 9.68. The summed E-state index contributed by atoms with van der Waals surface area (Å²) in [4.78, 5) is 0. The Labute approximate surface area is 116 Å². The van der Waals surface area contributed by atoms with Crippen molar-refractivity contribution >= 4 is 15.9 Å². The molecule has 2 heteroatoms. The highest BCUT2D eigenvalue weighted by molar-refractivity contribution is 9.09. The number of methoxy groups -OCH3 is 1. The Morgan fingerprint density at radius 1 is 1.35 bits per heavy atom. The Morgan fingerprint density at radius 3 is 2.47 bits per heavy atom. The molecule has 0 radical (unpaired) electrons. The summed E-state index contributed by atoms with van der Waals surface area (Å²) < 4.78 is 5.45. The van der Waals surface area contributed by atoms with Crippen LogP contribution in [0.15, 0.2) is 0 Å². The van der Waals surface area contributed by atoms with Crippen molar-refractivity contribution < 1.29 is 4.74 Å². The van der Waals surface area contributed by atoms with Gasteiger partial charge < -0.3 is 4.74 Å². The average Bonchev–Trinajstić information content (AvgIpc) is 2.38. The quantitative estimate of drug-likeness (QED) is 0.589. The summed E-state index contributed by atoms with van der Waals surface area (Å²) in [6.45, 7) is 4.50. The molecule has 0 aromatic carbocycles. The molecule has 0 spiro atoms. The third kappa shape index (κ3) is 4.90. The highest BCUT2D eigenvalue weighted by Gasteiger charge is 2.35. The van der Waals surface area contributed by atoms with Gasteiger partial charge in [-0.05, 0) is 50.4 Å². The van der Waals surface area contributed by atoms with Gasteiger partial charge in [0.1, 0.15) is 0 Å². The summed E-state index contributed by atoms with van der Waals surface area (Å²) in [5.74, 6) is 1.000. The summed E-state index contributed by atoms with van der Waals surface area (Å²) in [6.07, 6.45) is 11.5. The number of rotatable bonds is 7. The lowest BCUT2D eigenvalue weighted by Gasteiger charge is -2.40. The van der Waals surface area contributed by atoms with E-state index < -0.39 is 0 Å². The van der Waals surface area contributed by atoms with Crippen LogP contribution in [0.3, 0.4) is 0 Å². The predicted octanol–water partition coefficient (Wildman–Crippen LogP) is 5.17. The summed E-state index contributed by atoms with van der Waals surface area (Å²) in [6, 6.07) is 0. The van der Waals surface area contributed by atoms with Gasteiger partial charge in [0.15, 0.2) is 0 Å². The van der Waals surface area contributed by atoms with Gasteiger partial charge in [0.25, 0.3) is 0 Å². The fraction of sp³-hybridized carbons (Fsp3) is 1.00. The number of hydrogen-bond acceptors (Lipinski definition) is 1. The van der Waals surface area contributed by atoms with E-state index in [2.05, 4.69) is 29.8 Å². The molecule has 1 aliphatic rings. The summed E-state index contributed by atoms with van der Waals surface area (Å²) >= 11 is 3.74. The van der Waals surface area contributed by atoms with Crippen LogP contribution in [0.1, 0.15) is 65.2 Å². The molecule has 0 aromatic heterocycles. The zero-order chi connectivity index (χ0) is 12.7. The first-order valence-electron chi connectivity index (χ1n) is 7.24. The third-order valence-electron chi connectivity index (χ3n) is 4.54. The molecule has 0 aliphatic heterocycles. The van der Waals surface area contributed by atoms with Crippen LogP contribution in [0.4, 0.5) is 0 Å². The Hall–Kier alpha value is 0.440. The number of ether oxygens (including phenoxy) is 1. The van der Waals surface area contributed by atoms with Crippen LogP contribution >= 0.6 is 15.9 Å². The predicted molar refractivity (Wildman–Crippen MR) is 78.8 cm³/mol. The van der Waals surface area contributed by atoms with Crippen LogP contribution in [0.2, 0.25) is 0 Å². The van der Waals surface area contributed by atoms with Crippen molar-refractivity contribution in [2.24, 2.45) is 11.3 Å². The van der Waals surface area contributed by atoms with E-state index in [4.69, 9.17) is 4.74 Å². The molecule has 1 unspecified atom stereocenters. The van der Waals surface area contributed by atoms with E-state index in [1.54, 1.807) is 0 Å². The van der Waals surface area contributed by atoms with E-state index in [9.17, 15) is 0 Å². The molecule has 0 N–H and O–H groups in total. The van der Waals surface area contributed by atoms with Crippen molar-refractivity contribution in [1.29, 1.82) is 0 Å². The number of halogens is 1. The maximum Gasteiger partial charge on any atom is 0.0548 e. The topological polar surface area (TPSA) is 9.23 Å². The average molecular weight is 305 g/mol. The second-order valence-electron chi connectivity index (χ2n) is 5.97. The SMILES string of the molecule is CCCCC1CCC(CBr)(CC(C)OC)CC1. The molecule has 0 amide bonds. The van der Waals surface area contributed by atoms with Crippen LogP contribution in [0.25, 0.3) is 0 Å². The van der Waals surface area contributed by atoms with Gasteiger partial charge in [-0.1, -0.05) is 42.1 Å². The molecule has 102 valence electrons. The van der Waals surface area contributed by atoms with E-state index in [-0.39, 0.29) is 0 Å². The molecule has 17 heavy (non-hydrogen) atoms. The largest absolute Gasteiger partial charge is 0.382 e. The maximum absolute atomic E-state index is 5.45. The Kier molecular flexibility index (Phi) is 7.10. The standard InChI is InChI=1S/C15H29BrO/c1-4-5-6-14-7-9-15(12-16,10-8-14)11-13(2)17-3/h13-14H,4-12H2,1-3H3. The zero-order valence-electron chi connectivity index (χ0n) is 11.8. The van der Waals surface area contributed by atoms with Gasteiger partial charge in [0, 0.05) is 12.4 Å². The van der Waals surface area contributed by atoms with Gasteiger partial charge in [0.05, 0.1) is 6.10 Å². The van der Waals surface area contributed by atoms with E-state index >= 15 is 0 Å². The second-order valence-corrected chi connectivity index (χ2v) is 6.53. The van der Waals surface area contributed by atoms with Crippen molar-refractivity contribution in [2.75, 3.05) is 12.4 Å². The molecule has 1 atom stereocenters. The van der Waals surface area contributed by atoms with Crippen molar-refractivity contribution in [3.63, 3.8) is 0 Å². The molecule has 1 nitrogen and oxygen atoms in total. The monoisotopic (exact) mass is 304 g/mol. The van der Waals surface area contributed by atoms with Crippen LogP contribution in [0.5, 0.6) is 0 Å². The summed E-state index contributed by atoms with van der Waals surface area (Å²) in [5, 5.41) is 1.15. The van der Waals surface area contributed by atoms with E-state index in [0.717, 1.165) is 11.2 Å². The molecule has 1 rings (SSSR count). The third-order valence-corrected chi connectivity index (χ3v) is 5.73. The van der Waals surface area contributed by atoms with Crippen molar-refractivity contribution in [3.8, 4) is 0 Å². The smallest absolute Gasteiger partial charge is 0.0548 e. The van der Waals surface area contributed by atoms with Gasteiger partial charge >= 0.3 is 0 Å². The maximum atomic E-state index is 5.45. The fourth-order valence-corrected chi connectivity index (χ4v) is 3.95. The van der Waals surface area contributed by atoms with E-state index in [0.29, 0.717) is 11.5 Å². The minimum absolute atomic E-state index is 0.403. The van der Waals surface area contributed by atoms with Crippen molar-refractivity contribution in [1.82, 2.24) is 0 Å². The van der Waals surface area contributed by atoms with E-state index in [1.165, 1.54) is 51.4 Å². The molecular formula is C15H29BrO. The molecule has 1 fully saturated rings. The van der Waals surface area contributed by atoms with Crippen molar-refractivity contribution in [2.45, 2.75) is 71.3 Å². The first-order valence-corrected chi connectivity index (χ1v) is 8.36. The highest BCUT2D eigenvalue weighted by Crippen LogP contribution is 2.45. The molecule has 1 aliphatic carbocycles. The van der Waals surface area contributed by atoms with Crippen LogP contribution in [-0.2, 0) is 4.74 Å². The second kappa shape index (κ2) is 7.78. The first-order chi connectivity index (χ1) is 8.15. The number of alkyl halides is 1. The lowest BCUT2D eigenvalue weighted by Crippen LogP contribution is -2.32. The van der Waals surface area contributed by atoms with E-state index in [1.807, 2.05) is 7.11 Å². The molecule has 0 heterocycles. The van der Waals surface area contributed by atoms with Crippen LogP contribution in [0, 0.1) is 11.3 Å². The Morgan fingerprint density at radius 2 is 2.00 bits per heavy atom. The van der Waals surface area contributed by atoms with Crippen LogP contribution in [-0.4, -0.2) is 18.5 Å². The first kappa shape index (κ1) is 15.5. The van der Waals surface area contributed by atoms with Crippen LogP contribution < -0.4 is 0 Å². The van der Waals surface area contributed by atoms with Gasteiger partial charge in [-0.15, -0.1) is 0 Å². The zero-order valence-corrected chi connectivity index (χ0v) is 13.4. The minimum atomic E-state index is 0.403. The normalized spacial score (nSPS) is 31.4. The molecule has 1 saturated carbocycles. The van der Waals surface area contributed by atoms with Gasteiger partial charge in [-0.3, -0.25) is 0 Å². The summed E-state index contributed by atoms with van der Waals surface area (Å²) in [5.41, 5.74) is 0.512. The minimum Gasteiger partial charge on any atom is -0.382 e. The van der Waals surface area contributed by atoms with Gasteiger partial charge in [0.2, 0.25) is 0 Å². The van der Waals surface area contributed by atoms with Gasteiger partial charge in [-0.25, -0.2) is 0 Å². The van der Waals surface area contributed by atoms with Crippen molar-refractivity contribution in [3.05, 3.63) is 0 Å².